The van der Waals surface area contributed by atoms with Crippen LogP contribution >= 0.6 is 11.3 Å². The van der Waals surface area contributed by atoms with Crippen molar-refractivity contribution in [2.75, 3.05) is 0 Å². The van der Waals surface area contributed by atoms with Gasteiger partial charge in [0.25, 0.3) is 5.91 Å². The first kappa shape index (κ1) is 15.4. The first-order valence-corrected chi connectivity index (χ1v) is 9.21. The molecular formula is C19H19NO3S. The number of carbonyl (C=O) groups is 1. The summed E-state index contributed by atoms with van der Waals surface area (Å²) in [6.07, 6.45) is 5.68. The van der Waals surface area contributed by atoms with Crippen LogP contribution in [0.2, 0.25) is 0 Å². The lowest BCUT2D eigenvalue weighted by molar-refractivity contribution is 0.0932. The molecule has 1 aliphatic rings. The predicted octanol–water partition coefficient (Wildman–Crippen LogP) is 4.38. The minimum absolute atomic E-state index is 0.0803. The fourth-order valence-electron chi connectivity index (χ4n) is 3.42. The number of benzene rings is 1. The summed E-state index contributed by atoms with van der Waals surface area (Å²) in [7, 11) is 0. The zero-order valence-corrected chi connectivity index (χ0v) is 14.4. The van der Waals surface area contributed by atoms with Crippen molar-refractivity contribution in [1.29, 1.82) is 0 Å². The van der Waals surface area contributed by atoms with E-state index in [1.165, 1.54) is 30.6 Å². The number of amides is 1. The van der Waals surface area contributed by atoms with Crippen LogP contribution in [-0.4, -0.2) is 11.9 Å². The summed E-state index contributed by atoms with van der Waals surface area (Å²) in [5.41, 5.74) is 1.28. The molecule has 3 aromatic rings. The smallest absolute Gasteiger partial charge is 0.345 e. The van der Waals surface area contributed by atoms with Crippen LogP contribution in [0.25, 0.3) is 21.1 Å². The van der Waals surface area contributed by atoms with E-state index in [0.29, 0.717) is 15.8 Å². The van der Waals surface area contributed by atoms with Gasteiger partial charge >= 0.3 is 5.63 Å². The number of fused-ring (bicyclic) bond motifs is 3. The van der Waals surface area contributed by atoms with Crippen molar-refractivity contribution < 1.29 is 9.21 Å². The van der Waals surface area contributed by atoms with Gasteiger partial charge in [-0.05, 0) is 38.0 Å². The van der Waals surface area contributed by atoms with Crippen LogP contribution in [-0.2, 0) is 0 Å². The molecule has 0 atom stereocenters. The number of carbonyl (C=O) groups excluding carboxylic acids is 1. The molecule has 0 aliphatic heterocycles. The Bertz CT molecular complexity index is 979. The Morgan fingerprint density at radius 2 is 1.96 bits per heavy atom. The van der Waals surface area contributed by atoms with Crippen LogP contribution < -0.4 is 10.9 Å². The molecule has 24 heavy (non-hydrogen) atoms. The fourth-order valence-corrected chi connectivity index (χ4v) is 4.49. The molecule has 2 heterocycles. The lowest BCUT2D eigenvalue weighted by Crippen LogP contribution is -2.35. The maximum Gasteiger partial charge on any atom is 0.345 e. The highest BCUT2D eigenvalue weighted by atomic mass is 32.1. The number of nitrogens with one attached hydrogen (secondary N) is 1. The van der Waals surface area contributed by atoms with Gasteiger partial charge in [0.15, 0.2) is 0 Å². The highest BCUT2D eigenvalue weighted by molar-refractivity contribution is 7.21. The van der Waals surface area contributed by atoms with Crippen molar-refractivity contribution >= 4 is 38.3 Å². The Morgan fingerprint density at radius 3 is 2.75 bits per heavy atom. The summed E-state index contributed by atoms with van der Waals surface area (Å²) in [4.78, 5) is 25.4. The van der Waals surface area contributed by atoms with E-state index in [4.69, 9.17) is 4.42 Å². The molecule has 0 bridgehead atoms. The van der Waals surface area contributed by atoms with E-state index in [1.807, 2.05) is 25.1 Å². The van der Waals surface area contributed by atoms with Crippen LogP contribution in [0.3, 0.4) is 0 Å². The molecule has 4 nitrogen and oxygen atoms in total. The predicted molar refractivity (Wildman–Crippen MR) is 96.9 cm³/mol. The van der Waals surface area contributed by atoms with Crippen LogP contribution in [0.4, 0.5) is 0 Å². The normalized spacial score (nSPS) is 15.9. The molecule has 1 aliphatic carbocycles. The van der Waals surface area contributed by atoms with Crippen molar-refractivity contribution in [3.8, 4) is 0 Å². The molecule has 1 N–H and O–H groups in total. The largest absolute Gasteiger partial charge is 0.422 e. The summed E-state index contributed by atoms with van der Waals surface area (Å²) in [5.74, 6) is -0.0803. The summed E-state index contributed by atoms with van der Waals surface area (Å²) in [5, 5.41) is 4.50. The van der Waals surface area contributed by atoms with E-state index in [0.717, 1.165) is 28.5 Å². The number of aryl methyl sites for hydroxylation is 1. The zero-order chi connectivity index (χ0) is 16.7. The topological polar surface area (TPSA) is 59.3 Å². The van der Waals surface area contributed by atoms with Gasteiger partial charge in [0, 0.05) is 11.4 Å². The van der Waals surface area contributed by atoms with Crippen LogP contribution in [0.5, 0.6) is 0 Å². The molecule has 0 radical (unpaired) electrons. The van der Waals surface area contributed by atoms with E-state index in [2.05, 4.69) is 5.32 Å². The second kappa shape index (κ2) is 6.06. The van der Waals surface area contributed by atoms with E-state index >= 15 is 0 Å². The molecular weight excluding hydrogens is 322 g/mol. The van der Waals surface area contributed by atoms with Crippen molar-refractivity contribution in [3.63, 3.8) is 0 Å². The average Bonchev–Trinajstić information content (AvgIpc) is 3.03. The second-order valence-corrected chi connectivity index (χ2v) is 7.60. The zero-order valence-electron chi connectivity index (χ0n) is 13.6. The van der Waals surface area contributed by atoms with Crippen molar-refractivity contribution in [2.45, 2.75) is 45.1 Å². The van der Waals surface area contributed by atoms with Gasteiger partial charge < -0.3 is 9.73 Å². The van der Waals surface area contributed by atoms with Gasteiger partial charge in [-0.3, -0.25) is 4.79 Å². The van der Waals surface area contributed by atoms with Crippen molar-refractivity contribution in [1.82, 2.24) is 5.32 Å². The van der Waals surface area contributed by atoms with E-state index in [-0.39, 0.29) is 17.6 Å². The van der Waals surface area contributed by atoms with Gasteiger partial charge in [0.2, 0.25) is 0 Å². The SMILES string of the molecule is Cc1ccc2oc(=O)c3cc(C(=O)NC4CCCCC4)sc3c2c1. The molecule has 2 aromatic heterocycles. The Kier molecular flexibility index (Phi) is 3.88. The molecule has 5 heteroatoms. The van der Waals surface area contributed by atoms with E-state index in [1.54, 1.807) is 6.07 Å². The standard InChI is InChI=1S/C19H19NO3S/c1-11-7-8-15-13(9-11)17-14(19(22)23-15)10-16(24-17)18(21)20-12-5-3-2-4-6-12/h7-10,12H,2-6H2,1H3,(H,20,21). The Labute approximate surface area is 143 Å². The van der Waals surface area contributed by atoms with Crippen molar-refractivity contribution in [3.05, 3.63) is 45.1 Å². The summed E-state index contributed by atoms with van der Waals surface area (Å²) >= 11 is 1.37. The Balaban J connectivity index is 1.75. The third-order valence-electron chi connectivity index (χ3n) is 4.70. The van der Waals surface area contributed by atoms with Gasteiger partial charge in [-0.1, -0.05) is 30.9 Å². The average molecular weight is 341 g/mol. The summed E-state index contributed by atoms with van der Waals surface area (Å²) < 4.78 is 6.22. The van der Waals surface area contributed by atoms with Crippen molar-refractivity contribution in [2.24, 2.45) is 0 Å². The van der Waals surface area contributed by atoms with E-state index < -0.39 is 0 Å². The molecule has 1 amide bonds. The van der Waals surface area contributed by atoms with Gasteiger partial charge in [0.1, 0.15) is 5.58 Å². The lowest BCUT2D eigenvalue weighted by Gasteiger charge is -2.22. The number of thiophene rings is 1. The molecule has 0 unspecified atom stereocenters. The minimum atomic E-state index is -0.380. The number of rotatable bonds is 2. The second-order valence-electron chi connectivity index (χ2n) is 6.55. The molecule has 4 rings (SSSR count). The quantitative estimate of drug-likeness (QED) is 0.704. The van der Waals surface area contributed by atoms with Crippen LogP contribution in [0.1, 0.15) is 47.3 Å². The van der Waals surface area contributed by atoms with Gasteiger partial charge in [-0.25, -0.2) is 4.79 Å². The lowest BCUT2D eigenvalue weighted by atomic mass is 9.95. The molecule has 1 saturated carbocycles. The first-order valence-electron chi connectivity index (χ1n) is 8.40. The van der Waals surface area contributed by atoms with Gasteiger partial charge in [-0.15, -0.1) is 11.3 Å². The van der Waals surface area contributed by atoms with Gasteiger partial charge in [-0.2, -0.15) is 0 Å². The molecule has 124 valence electrons. The molecule has 0 spiro atoms. The molecule has 0 saturated heterocycles. The summed E-state index contributed by atoms with van der Waals surface area (Å²) in [6, 6.07) is 7.66. The van der Waals surface area contributed by atoms with E-state index in [9.17, 15) is 9.59 Å². The highest BCUT2D eigenvalue weighted by Gasteiger charge is 2.20. The van der Waals surface area contributed by atoms with Gasteiger partial charge in [0.05, 0.1) is 15.0 Å². The third kappa shape index (κ3) is 2.73. The molecule has 1 fully saturated rings. The maximum atomic E-state index is 12.6. The minimum Gasteiger partial charge on any atom is -0.422 e. The number of hydrogen-bond donors (Lipinski definition) is 1. The number of hydrogen-bond acceptors (Lipinski definition) is 4. The fraction of sp³-hybridized carbons (Fsp3) is 0.368. The molecule has 1 aromatic carbocycles. The Morgan fingerprint density at radius 1 is 1.17 bits per heavy atom. The highest BCUT2D eigenvalue weighted by Crippen LogP contribution is 2.31. The van der Waals surface area contributed by atoms with Crippen LogP contribution in [0.15, 0.2) is 33.5 Å². The third-order valence-corrected chi connectivity index (χ3v) is 5.87. The maximum absolute atomic E-state index is 12.6. The Hall–Kier alpha value is -2.14. The first-order chi connectivity index (χ1) is 11.6. The summed E-state index contributed by atoms with van der Waals surface area (Å²) in [6.45, 7) is 2.00. The van der Waals surface area contributed by atoms with Crippen LogP contribution in [0, 0.1) is 6.92 Å². The monoisotopic (exact) mass is 341 g/mol.